The molecule has 0 saturated heterocycles. The third-order valence-corrected chi connectivity index (χ3v) is 5.94. The van der Waals surface area contributed by atoms with E-state index in [1.807, 2.05) is 6.92 Å². The number of carbonyl (C=O) groups excluding carboxylic acids is 2. The van der Waals surface area contributed by atoms with Crippen LogP contribution in [0.2, 0.25) is 0 Å². The first kappa shape index (κ1) is 17.1. The molecule has 2 aliphatic rings. The van der Waals surface area contributed by atoms with Gasteiger partial charge < -0.3 is 15.0 Å². The molecule has 1 amide bonds. The molecule has 4 unspecified atom stereocenters. The first-order chi connectivity index (χ1) is 11.4. The molecule has 2 N–H and O–H groups in total. The molecule has 4 atom stereocenters. The van der Waals surface area contributed by atoms with Gasteiger partial charge in [0.1, 0.15) is 5.69 Å². The Kier molecular flexibility index (Phi) is 4.70. The van der Waals surface area contributed by atoms with Gasteiger partial charge in [0, 0.05) is 11.7 Å². The van der Waals surface area contributed by atoms with Gasteiger partial charge in [-0.15, -0.1) is 0 Å². The lowest BCUT2D eigenvalue weighted by Gasteiger charge is -2.28. The second-order valence-corrected chi connectivity index (χ2v) is 7.45. The van der Waals surface area contributed by atoms with Crippen molar-refractivity contribution in [2.24, 2.45) is 17.8 Å². The number of hydrogen-bond donors (Lipinski definition) is 2. The number of nitrogens with one attached hydrogen (secondary N) is 2. The van der Waals surface area contributed by atoms with Gasteiger partial charge in [-0.1, -0.05) is 6.42 Å². The number of rotatable bonds is 5. The summed E-state index contributed by atoms with van der Waals surface area (Å²) in [4.78, 5) is 27.8. The molecule has 0 aliphatic heterocycles. The van der Waals surface area contributed by atoms with E-state index in [1.165, 1.54) is 25.7 Å². The van der Waals surface area contributed by atoms with Gasteiger partial charge in [0.05, 0.1) is 12.2 Å². The van der Waals surface area contributed by atoms with Crippen LogP contribution >= 0.6 is 0 Å². The molecule has 132 valence electrons. The first-order valence-corrected chi connectivity index (χ1v) is 9.09. The third-order valence-electron chi connectivity index (χ3n) is 5.94. The number of aryl methyl sites for hydroxylation is 1. The number of esters is 1. The Morgan fingerprint density at radius 2 is 2.04 bits per heavy atom. The molecule has 1 heterocycles. The van der Waals surface area contributed by atoms with E-state index in [4.69, 9.17) is 4.74 Å². The highest BCUT2D eigenvalue weighted by Crippen LogP contribution is 2.49. The van der Waals surface area contributed by atoms with Gasteiger partial charge in [-0.05, 0) is 70.3 Å². The molecule has 0 radical (unpaired) electrons. The number of carbonyl (C=O) groups is 2. The highest BCUT2D eigenvalue weighted by molar-refractivity contribution is 6.01. The molecule has 2 bridgehead atoms. The third kappa shape index (κ3) is 2.96. The maximum atomic E-state index is 12.8. The van der Waals surface area contributed by atoms with E-state index in [0.717, 1.165) is 11.8 Å². The van der Waals surface area contributed by atoms with Crippen LogP contribution in [0, 0.1) is 31.6 Å². The van der Waals surface area contributed by atoms with E-state index in [-0.39, 0.29) is 11.9 Å². The highest BCUT2D eigenvalue weighted by Gasteiger charge is 2.42. The molecule has 0 aromatic carbocycles. The largest absolute Gasteiger partial charge is 0.461 e. The summed E-state index contributed by atoms with van der Waals surface area (Å²) < 4.78 is 5.05. The molecule has 2 aliphatic carbocycles. The topological polar surface area (TPSA) is 71.2 Å². The van der Waals surface area contributed by atoms with Crippen molar-refractivity contribution < 1.29 is 14.3 Å². The summed E-state index contributed by atoms with van der Waals surface area (Å²) in [6.45, 7) is 7.83. The van der Waals surface area contributed by atoms with Gasteiger partial charge in [-0.3, -0.25) is 4.79 Å². The lowest BCUT2D eigenvalue weighted by atomic mass is 9.84. The molecule has 2 saturated carbocycles. The molecule has 5 nitrogen and oxygen atoms in total. The maximum Gasteiger partial charge on any atom is 0.355 e. The van der Waals surface area contributed by atoms with Crippen LogP contribution in [-0.4, -0.2) is 29.5 Å². The van der Waals surface area contributed by atoms with E-state index in [0.29, 0.717) is 35.0 Å². The molecule has 3 rings (SSSR count). The summed E-state index contributed by atoms with van der Waals surface area (Å²) in [7, 11) is 0. The number of amides is 1. The summed E-state index contributed by atoms with van der Waals surface area (Å²) >= 11 is 0. The molecule has 0 spiro atoms. The quantitative estimate of drug-likeness (QED) is 0.812. The lowest BCUT2D eigenvalue weighted by Crippen LogP contribution is -2.40. The summed E-state index contributed by atoms with van der Waals surface area (Å²) in [6, 6.07) is 0.174. The van der Waals surface area contributed by atoms with Crippen molar-refractivity contribution >= 4 is 11.9 Å². The minimum atomic E-state index is -0.404. The predicted molar refractivity (Wildman–Crippen MR) is 92.1 cm³/mol. The molecular formula is C19H28N2O3. The molecule has 24 heavy (non-hydrogen) atoms. The minimum absolute atomic E-state index is 0.0907. The van der Waals surface area contributed by atoms with Gasteiger partial charge in [-0.2, -0.15) is 0 Å². The summed E-state index contributed by atoms with van der Waals surface area (Å²) in [5.74, 6) is 1.74. The zero-order chi connectivity index (χ0) is 17.4. The zero-order valence-electron chi connectivity index (χ0n) is 15.1. The lowest BCUT2D eigenvalue weighted by molar-refractivity contribution is 0.0519. The number of aromatic amines is 1. The van der Waals surface area contributed by atoms with Crippen LogP contribution in [0.4, 0.5) is 0 Å². The van der Waals surface area contributed by atoms with Gasteiger partial charge in [0.25, 0.3) is 5.91 Å². The molecule has 1 aromatic heterocycles. The van der Waals surface area contributed by atoms with Crippen LogP contribution in [0.25, 0.3) is 0 Å². The standard InChI is InChI=1S/C19H28N2O3/c1-5-24-19(23)17-10(2)16(12(4)20-17)18(22)21-11(3)15-9-13-6-7-14(15)8-13/h11,13-15,20H,5-9H2,1-4H3,(H,21,22). The fraction of sp³-hybridized carbons (Fsp3) is 0.684. The average Bonchev–Trinajstić information content (AvgIpc) is 3.21. The average molecular weight is 332 g/mol. The summed E-state index contributed by atoms with van der Waals surface area (Å²) in [6.07, 6.45) is 5.25. The SMILES string of the molecule is CCOC(=O)c1[nH]c(C)c(C(=O)NC(C)C2CC3CCC2C3)c1C. The van der Waals surface area contributed by atoms with E-state index < -0.39 is 5.97 Å². The van der Waals surface area contributed by atoms with Crippen molar-refractivity contribution in [3.63, 3.8) is 0 Å². The number of H-pyrrole nitrogens is 1. The zero-order valence-corrected chi connectivity index (χ0v) is 15.1. The van der Waals surface area contributed by atoms with Crippen LogP contribution in [0.3, 0.4) is 0 Å². The Bertz CT molecular complexity index is 649. The first-order valence-electron chi connectivity index (χ1n) is 9.09. The van der Waals surface area contributed by atoms with E-state index in [2.05, 4.69) is 17.2 Å². The Morgan fingerprint density at radius 3 is 2.62 bits per heavy atom. The van der Waals surface area contributed by atoms with Gasteiger partial charge in [0.15, 0.2) is 0 Å². The fourth-order valence-electron chi connectivity index (χ4n) is 4.79. The predicted octanol–water partition coefficient (Wildman–Crippen LogP) is 3.36. The van der Waals surface area contributed by atoms with E-state index >= 15 is 0 Å². The number of ether oxygens (including phenoxy) is 1. The monoisotopic (exact) mass is 332 g/mol. The van der Waals surface area contributed by atoms with Crippen LogP contribution in [-0.2, 0) is 4.74 Å². The Morgan fingerprint density at radius 1 is 1.29 bits per heavy atom. The Balaban J connectivity index is 1.72. The maximum absolute atomic E-state index is 12.8. The second kappa shape index (κ2) is 6.61. The number of aromatic nitrogens is 1. The van der Waals surface area contributed by atoms with Crippen molar-refractivity contribution in [2.45, 2.75) is 59.4 Å². The summed E-state index contributed by atoms with van der Waals surface area (Å²) in [5.41, 5.74) is 2.34. The van der Waals surface area contributed by atoms with E-state index in [9.17, 15) is 9.59 Å². The molecule has 1 aromatic rings. The normalized spacial score (nSPS) is 26.4. The van der Waals surface area contributed by atoms with Crippen LogP contribution in [0.1, 0.15) is 71.6 Å². The highest BCUT2D eigenvalue weighted by atomic mass is 16.5. The van der Waals surface area contributed by atoms with Crippen molar-refractivity contribution in [3.05, 3.63) is 22.5 Å². The molecule has 5 heteroatoms. The Labute approximate surface area is 143 Å². The van der Waals surface area contributed by atoms with Crippen LogP contribution in [0.5, 0.6) is 0 Å². The van der Waals surface area contributed by atoms with Crippen molar-refractivity contribution in [1.82, 2.24) is 10.3 Å². The number of fused-ring (bicyclic) bond motifs is 2. The smallest absolute Gasteiger partial charge is 0.355 e. The molecule has 2 fully saturated rings. The second-order valence-electron chi connectivity index (χ2n) is 7.45. The van der Waals surface area contributed by atoms with Crippen molar-refractivity contribution in [2.75, 3.05) is 6.61 Å². The summed E-state index contributed by atoms with van der Waals surface area (Å²) in [5, 5.41) is 3.18. The van der Waals surface area contributed by atoms with Crippen LogP contribution < -0.4 is 5.32 Å². The van der Waals surface area contributed by atoms with Crippen molar-refractivity contribution in [1.29, 1.82) is 0 Å². The van der Waals surface area contributed by atoms with E-state index in [1.54, 1.807) is 13.8 Å². The Hall–Kier alpha value is -1.78. The van der Waals surface area contributed by atoms with Gasteiger partial charge >= 0.3 is 5.97 Å². The van der Waals surface area contributed by atoms with Crippen LogP contribution in [0.15, 0.2) is 0 Å². The molecular weight excluding hydrogens is 304 g/mol. The minimum Gasteiger partial charge on any atom is -0.461 e. The number of hydrogen-bond acceptors (Lipinski definition) is 3. The fourth-order valence-corrected chi connectivity index (χ4v) is 4.79. The van der Waals surface area contributed by atoms with Gasteiger partial charge in [0.2, 0.25) is 0 Å². The van der Waals surface area contributed by atoms with Crippen molar-refractivity contribution in [3.8, 4) is 0 Å². The van der Waals surface area contributed by atoms with Gasteiger partial charge in [-0.25, -0.2) is 4.79 Å².